The first-order valence-corrected chi connectivity index (χ1v) is 9.95. The molecular formula is C17H16Cl2N2O4S. The molecule has 2 N–H and O–H groups in total. The SMILES string of the molecule is COC(=O)C1Cc2cc(S(N)(=O)=O)ccc2N1Cc1ccc(Cl)c(Cl)c1. The summed E-state index contributed by atoms with van der Waals surface area (Å²) in [6, 6.07) is 9.24. The molecule has 1 atom stereocenters. The van der Waals surface area contributed by atoms with Crippen LogP contribution in [0.2, 0.25) is 10.0 Å². The number of nitrogens with zero attached hydrogens (tertiary/aromatic N) is 1. The number of carbonyl (C=O) groups excluding carboxylic acids is 1. The second kappa shape index (κ2) is 7.08. The molecule has 1 unspecified atom stereocenters. The molecule has 1 aliphatic heterocycles. The highest BCUT2D eigenvalue weighted by molar-refractivity contribution is 7.89. The zero-order valence-corrected chi connectivity index (χ0v) is 16.1. The predicted molar refractivity (Wildman–Crippen MR) is 100.0 cm³/mol. The van der Waals surface area contributed by atoms with Gasteiger partial charge in [-0.3, -0.25) is 0 Å². The highest BCUT2D eigenvalue weighted by atomic mass is 35.5. The fourth-order valence-electron chi connectivity index (χ4n) is 3.05. The number of rotatable bonds is 4. The van der Waals surface area contributed by atoms with Gasteiger partial charge in [-0.05, 0) is 41.5 Å². The molecule has 0 spiro atoms. The molecule has 0 bridgehead atoms. The molecule has 0 saturated heterocycles. The third kappa shape index (κ3) is 3.66. The smallest absolute Gasteiger partial charge is 0.328 e. The highest BCUT2D eigenvalue weighted by Crippen LogP contribution is 2.36. The van der Waals surface area contributed by atoms with Gasteiger partial charge in [-0.2, -0.15) is 0 Å². The zero-order chi connectivity index (χ0) is 19.1. The normalized spacial score (nSPS) is 16.5. The van der Waals surface area contributed by atoms with Crippen LogP contribution in [-0.4, -0.2) is 27.5 Å². The number of benzene rings is 2. The quantitative estimate of drug-likeness (QED) is 0.776. The van der Waals surface area contributed by atoms with Crippen LogP contribution in [0.4, 0.5) is 5.69 Å². The van der Waals surface area contributed by atoms with E-state index in [1.807, 2.05) is 11.0 Å². The third-order valence-corrected chi connectivity index (χ3v) is 5.94. The van der Waals surface area contributed by atoms with Crippen LogP contribution in [0.5, 0.6) is 0 Å². The average molecular weight is 415 g/mol. The Hall–Kier alpha value is -1.80. The number of nitrogens with two attached hydrogens (primary N) is 1. The molecule has 1 aliphatic rings. The Balaban J connectivity index is 2.01. The van der Waals surface area contributed by atoms with Crippen molar-refractivity contribution < 1.29 is 17.9 Å². The number of fused-ring (bicyclic) bond motifs is 1. The summed E-state index contributed by atoms with van der Waals surface area (Å²) in [6.45, 7) is 0.387. The van der Waals surface area contributed by atoms with Crippen molar-refractivity contribution in [3.63, 3.8) is 0 Å². The van der Waals surface area contributed by atoms with Crippen LogP contribution in [-0.2, 0) is 32.5 Å². The predicted octanol–water partition coefficient (Wildman–Crippen LogP) is 2.75. The number of methoxy groups -OCH3 is 1. The number of hydrogen-bond acceptors (Lipinski definition) is 5. The van der Waals surface area contributed by atoms with Gasteiger partial charge in [0.25, 0.3) is 0 Å². The van der Waals surface area contributed by atoms with E-state index in [1.54, 1.807) is 18.2 Å². The lowest BCUT2D eigenvalue weighted by atomic mass is 10.1. The minimum Gasteiger partial charge on any atom is -0.467 e. The molecular weight excluding hydrogens is 399 g/mol. The number of esters is 1. The van der Waals surface area contributed by atoms with Gasteiger partial charge in [-0.1, -0.05) is 29.3 Å². The van der Waals surface area contributed by atoms with Gasteiger partial charge in [0.1, 0.15) is 6.04 Å². The molecule has 138 valence electrons. The van der Waals surface area contributed by atoms with Gasteiger partial charge in [0.05, 0.1) is 22.1 Å². The molecule has 0 amide bonds. The molecule has 0 fully saturated rings. The molecule has 0 saturated carbocycles. The van der Waals surface area contributed by atoms with Gasteiger partial charge in [0.2, 0.25) is 10.0 Å². The summed E-state index contributed by atoms with van der Waals surface area (Å²) >= 11 is 12.0. The molecule has 9 heteroatoms. The van der Waals surface area contributed by atoms with Crippen LogP contribution < -0.4 is 10.0 Å². The van der Waals surface area contributed by atoms with Crippen LogP contribution in [0.25, 0.3) is 0 Å². The second-order valence-electron chi connectivity index (χ2n) is 5.95. The first-order chi connectivity index (χ1) is 12.2. The maximum atomic E-state index is 12.2. The maximum Gasteiger partial charge on any atom is 0.328 e. The van der Waals surface area contributed by atoms with Crippen molar-refractivity contribution in [2.45, 2.75) is 23.9 Å². The number of hydrogen-bond donors (Lipinski definition) is 1. The summed E-state index contributed by atoms with van der Waals surface area (Å²) in [6.07, 6.45) is 0.326. The van der Waals surface area contributed by atoms with E-state index in [1.165, 1.54) is 19.2 Å². The lowest BCUT2D eigenvalue weighted by Gasteiger charge is -2.26. The molecule has 6 nitrogen and oxygen atoms in total. The van der Waals surface area contributed by atoms with Crippen molar-refractivity contribution >= 4 is 44.9 Å². The molecule has 0 aliphatic carbocycles. The Morgan fingerprint density at radius 3 is 2.58 bits per heavy atom. The summed E-state index contributed by atoms with van der Waals surface area (Å²) in [4.78, 5) is 14.1. The summed E-state index contributed by atoms with van der Waals surface area (Å²) in [7, 11) is -2.50. The molecule has 2 aromatic carbocycles. The molecule has 1 heterocycles. The van der Waals surface area contributed by atoms with Crippen molar-refractivity contribution in [1.82, 2.24) is 0 Å². The number of carbonyl (C=O) groups is 1. The van der Waals surface area contributed by atoms with Crippen LogP contribution in [0.3, 0.4) is 0 Å². The largest absolute Gasteiger partial charge is 0.467 e. The standard InChI is InChI=1S/C17H16Cl2N2O4S/c1-25-17(22)16-8-11-7-12(26(20,23)24)3-5-15(11)21(16)9-10-2-4-13(18)14(19)6-10/h2-7,16H,8-9H2,1H3,(H2,20,23,24). The van der Waals surface area contributed by atoms with E-state index in [0.29, 0.717) is 28.6 Å². The lowest BCUT2D eigenvalue weighted by molar-refractivity contribution is -0.142. The summed E-state index contributed by atoms with van der Waals surface area (Å²) < 4.78 is 28.1. The zero-order valence-electron chi connectivity index (χ0n) is 13.8. The molecule has 26 heavy (non-hydrogen) atoms. The fourth-order valence-corrected chi connectivity index (χ4v) is 3.93. The van der Waals surface area contributed by atoms with E-state index in [4.69, 9.17) is 33.1 Å². The Kier molecular flexibility index (Phi) is 5.16. The molecule has 3 rings (SSSR count). The lowest BCUT2D eigenvalue weighted by Crippen LogP contribution is -2.39. The van der Waals surface area contributed by atoms with E-state index in [2.05, 4.69) is 0 Å². The first-order valence-electron chi connectivity index (χ1n) is 7.65. The summed E-state index contributed by atoms with van der Waals surface area (Å²) in [5, 5.41) is 6.06. The van der Waals surface area contributed by atoms with Crippen LogP contribution in [0, 0.1) is 0 Å². The van der Waals surface area contributed by atoms with E-state index >= 15 is 0 Å². The molecule has 0 radical (unpaired) electrons. The topological polar surface area (TPSA) is 89.7 Å². The van der Waals surface area contributed by atoms with Crippen LogP contribution in [0.1, 0.15) is 11.1 Å². The Labute approximate surface area is 161 Å². The van der Waals surface area contributed by atoms with Gasteiger partial charge < -0.3 is 9.64 Å². The maximum absolute atomic E-state index is 12.2. The number of primary sulfonamides is 1. The van der Waals surface area contributed by atoms with Gasteiger partial charge in [-0.15, -0.1) is 0 Å². The van der Waals surface area contributed by atoms with E-state index in [9.17, 15) is 13.2 Å². The monoisotopic (exact) mass is 414 g/mol. The minimum absolute atomic E-state index is 0.0104. The van der Waals surface area contributed by atoms with Crippen molar-refractivity contribution in [2.24, 2.45) is 5.14 Å². The fraction of sp³-hybridized carbons (Fsp3) is 0.235. The van der Waals surface area contributed by atoms with Gasteiger partial charge >= 0.3 is 5.97 Å². The Morgan fingerprint density at radius 2 is 1.96 bits per heavy atom. The third-order valence-electron chi connectivity index (χ3n) is 4.29. The number of sulfonamides is 1. The number of ether oxygens (including phenoxy) is 1. The van der Waals surface area contributed by atoms with Gasteiger partial charge in [0.15, 0.2) is 0 Å². The first kappa shape index (κ1) is 19.0. The number of anilines is 1. The Morgan fingerprint density at radius 1 is 1.23 bits per heavy atom. The summed E-state index contributed by atoms with van der Waals surface area (Å²) in [5.74, 6) is -0.404. The molecule has 2 aromatic rings. The van der Waals surface area contributed by atoms with Crippen LogP contribution >= 0.6 is 23.2 Å². The minimum atomic E-state index is -3.82. The second-order valence-corrected chi connectivity index (χ2v) is 8.33. The highest BCUT2D eigenvalue weighted by Gasteiger charge is 2.35. The van der Waals surface area contributed by atoms with E-state index in [0.717, 1.165) is 11.3 Å². The van der Waals surface area contributed by atoms with E-state index < -0.39 is 22.0 Å². The van der Waals surface area contributed by atoms with Crippen molar-refractivity contribution in [3.05, 3.63) is 57.6 Å². The van der Waals surface area contributed by atoms with Gasteiger partial charge in [-0.25, -0.2) is 18.4 Å². The van der Waals surface area contributed by atoms with Crippen molar-refractivity contribution in [3.8, 4) is 0 Å². The Bertz CT molecular complexity index is 979. The molecule has 0 aromatic heterocycles. The van der Waals surface area contributed by atoms with E-state index in [-0.39, 0.29) is 4.90 Å². The van der Waals surface area contributed by atoms with Crippen LogP contribution in [0.15, 0.2) is 41.3 Å². The average Bonchev–Trinajstić information content (AvgIpc) is 2.94. The number of halogens is 2. The van der Waals surface area contributed by atoms with Crippen molar-refractivity contribution in [1.29, 1.82) is 0 Å². The van der Waals surface area contributed by atoms with Crippen molar-refractivity contribution in [2.75, 3.05) is 12.0 Å². The van der Waals surface area contributed by atoms with Gasteiger partial charge in [0, 0.05) is 18.7 Å². The summed E-state index contributed by atoms with van der Waals surface area (Å²) in [5.41, 5.74) is 2.32.